The smallest absolute Gasteiger partial charge is 0.407 e. The zero-order valence-electron chi connectivity index (χ0n) is 13.4. The van der Waals surface area contributed by atoms with Gasteiger partial charge < -0.3 is 10.1 Å². The van der Waals surface area contributed by atoms with E-state index in [1.165, 1.54) is 11.8 Å². The molecule has 0 spiro atoms. The summed E-state index contributed by atoms with van der Waals surface area (Å²) in [6.07, 6.45) is -1.30. The highest BCUT2D eigenvalue weighted by Gasteiger charge is 2.41. The van der Waals surface area contributed by atoms with Crippen molar-refractivity contribution in [2.45, 2.75) is 30.7 Å². The van der Waals surface area contributed by atoms with Gasteiger partial charge in [0.2, 0.25) is 3.79 Å². The van der Waals surface area contributed by atoms with Crippen LogP contribution in [0.3, 0.4) is 0 Å². The van der Waals surface area contributed by atoms with E-state index in [1.807, 2.05) is 0 Å². The van der Waals surface area contributed by atoms with Crippen LogP contribution >= 0.6 is 54.3 Å². The third-order valence-corrected chi connectivity index (χ3v) is 6.22. The summed E-state index contributed by atoms with van der Waals surface area (Å²) in [7, 11) is -3.76. The van der Waals surface area contributed by atoms with Crippen LogP contribution in [0.25, 0.3) is 0 Å². The minimum absolute atomic E-state index is 0.110. The van der Waals surface area contributed by atoms with E-state index in [0.29, 0.717) is 23.0 Å². The molecule has 1 atom stereocenters. The molecular weight excluding hydrogens is 422 g/mol. The zero-order valence-corrected chi connectivity index (χ0v) is 17.4. The molecule has 0 aliphatic carbocycles. The number of hydrogen-bond acceptors (Lipinski definition) is 6. The van der Waals surface area contributed by atoms with Crippen molar-refractivity contribution in [3.63, 3.8) is 0 Å². The number of alkyl halides is 3. The number of carbonyl (C=O) groups excluding carboxylic acids is 1. The van der Waals surface area contributed by atoms with Crippen molar-refractivity contribution in [3.8, 4) is 0 Å². The van der Waals surface area contributed by atoms with E-state index < -0.39 is 23.6 Å². The van der Waals surface area contributed by atoms with Crippen LogP contribution in [0, 0.1) is 0 Å². The lowest BCUT2D eigenvalue weighted by atomic mass is 10.4. The van der Waals surface area contributed by atoms with Gasteiger partial charge in [0.15, 0.2) is 0 Å². The highest BCUT2D eigenvalue weighted by molar-refractivity contribution is 8.04. The summed E-state index contributed by atoms with van der Waals surface area (Å²) in [5.74, 6) is 0.590. The first-order chi connectivity index (χ1) is 11.1. The van der Waals surface area contributed by atoms with Crippen molar-refractivity contribution in [1.29, 1.82) is 0 Å². The Morgan fingerprint density at radius 1 is 1.38 bits per heavy atom. The Morgan fingerprint density at radius 3 is 2.42 bits per heavy atom. The standard InChI is InChI=1S/C12H20Cl3N2O5PS/c1-4-21-23(19,22-5-2)17-11(12(13,14)15)16-10(18)9-8(3)20-6-7-24-9/h11H,4-7H2,1-3H3,(H,16,18)(H,17,19). The lowest BCUT2D eigenvalue weighted by molar-refractivity contribution is -0.117. The van der Waals surface area contributed by atoms with Gasteiger partial charge in [-0.2, -0.15) is 5.09 Å². The maximum Gasteiger partial charge on any atom is 0.407 e. The number of hydrogen-bond donors (Lipinski definition) is 2. The number of carbonyl (C=O) groups is 1. The average Bonchev–Trinajstić information content (AvgIpc) is 2.46. The molecule has 2 N–H and O–H groups in total. The highest BCUT2D eigenvalue weighted by Crippen LogP contribution is 2.46. The Bertz CT molecular complexity index is 519. The first kappa shape index (κ1) is 22.4. The van der Waals surface area contributed by atoms with Crippen LogP contribution in [-0.2, 0) is 23.1 Å². The lowest BCUT2D eigenvalue weighted by Gasteiger charge is -2.30. The van der Waals surface area contributed by atoms with Gasteiger partial charge in [-0.15, -0.1) is 11.8 Å². The monoisotopic (exact) mass is 440 g/mol. The average molecular weight is 442 g/mol. The van der Waals surface area contributed by atoms with Crippen molar-refractivity contribution in [3.05, 3.63) is 10.7 Å². The third-order valence-electron chi connectivity index (χ3n) is 2.66. The van der Waals surface area contributed by atoms with E-state index >= 15 is 0 Å². The number of ether oxygens (including phenoxy) is 1. The van der Waals surface area contributed by atoms with Gasteiger partial charge in [-0.3, -0.25) is 13.8 Å². The van der Waals surface area contributed by atoms with Crippen LogP contribution in [-0.4, -0.2) is 41.4 Å². The molecule has 0 saturated carbocycles. The minimum Gasteiger partial charge on any atom is -0.496 e. The predicted molar refractivity (Wildman–Crippen MR) is 97.3 cm³/mol. The normalized spacial score (nSPS) is 17.4. The molecule has 1 heterocycles. The summed E-state index contributed by atoms with van der Waals surface area (Å²) in [6.45, 7) is 5.69. The molecule has 0 aromatic carbocycles. The van der Waals surface area contributed by atoms with Crippen LogP contribution in [0.15, 0.2) is 10.7 Å². The molecule has 1 aliphatic rings. The van der Waals surface area contributed by atoms with Gasteiger partial charge in [-0.1, -0.05) is 34.8 Å². The van der Waals surface area contributed by atoms with Gasteiger partial charge in [0.05, 0.1) is 19.8 Å². The maximum absolute atomic E-state index is 12.6. The van der Waals surface area contributed by atoms with E-state index in [0.717, 1.165) is 0 Å². The zero-order chi connectivity index (χ0) is 18.4. The molecular formula is C12H20Cl3N2O5PS. The first-order valence-electron chi connectivity index (χ1n) is 7.14. The fourth-order valence-corrected chi connectivity index (χ4v) is 4.58. The van der Waals surface area contributed by atoms with Crippen LogP contribution in [0.2, 0.25) is 0 Å². The second-order valence-electron chi connectivity index (χ2n) is 4.49. The Balaban J connectivity index is 2.94. The van der Waals surface area contributed by atoms with E-state index in [-0.39, 0.29) is 13.2 Å². The van der Waals surface area contributed by atoms with E-state index in [1.54, 1.807) is 20.8 Å². The second-order valence-corrected chi connectivity index (χ2v) is 9.74. The Hall–Kier alpha value is 0.340. The molecule has 0 bridgehead atoms. The van der Waals surface area contributed by atoms with Gasteiger partial charge in [0.1, 0.15) is 16.8 Å². The Kier molecular flexibility index (Phi) is 9.21. The number of allylic oxidation sites excluding steroid dienone is 1. The van der Waals surface area contributed by atoms with E-state index in [4.69, 9.17) is 48.6 Å². The minimum atomic E-state index is -3.76. The van der Waals surface area contributed by atoms with E-state index in [2.05, 4.69) is 10.4 Å². The number of rotatable bonds is 8. The third kappa shape index (κ3) is 6.92. The molecule has 1 rings (SSSR count). The summed E-state index contributed by atoms with van der Waals surface area (Å²) in [5, 5.41) is 4.96. The lowest BCUT2D eigenvalue weighted by Crippen LogP contribution is -2.52. The molecule has 1 aliphatic heterocycles. The molecule has 0 saturated heterocycles. The van der Waals surface area contributed by atoms with Crippen LogP contribution in [0.1, 0.15) is 20.8 Å². The van der Waals surface area contributed by atoms with Gasteiger partial charge in [-0.25, -0.2) is 4.57 Å². The highest BCUT2D eigenvalue weighted by atomic mass is 35.6. The van der Waals surface area contributed by atoms with Crippen molar-refractivity contribution >= 4 is 60.2 Å². The van der Waals surface area contributed by atoms with Crippen LogP contribution < -0.4 is 10.4 Å². The van der Waals surface area contributed by atoms with Crippen molar-refractivity contribution < 1.29 is 23.1 Å². The molecule has 0 radical (unpaired) electrons. The van der Waals surface area contributed by atoms with Gasteiger partial charge in [-0.05, 0) is 20.8 Å². The van der Waals surface area contributed by atoms with Crippen LogP contribution in [0.4, 0.5) is 0 Å². The fourth-order valence-electron chi connectivity index (χ4n) is 1.72. The summed E-state index contributed by atoms with van der Waals surface area (Å²) in [4.78, 5) is 12.8. The molecule has 0 fully saturated rings. The van der Waals surface area contributed by atoms with Crippen LogP contribution in [0.5, 0.6) is 0 Å². The summed E-state index contributed by atoms with van der Waals surface area (Å²) in [6, 6.07) is 0. The van der Waals surface area contributed by atoms with Crippen molar-refractivity contribution in [2.24, 2.45) is 0 Å². The topological polar surface area (TPSA) is 85.9 Å². The summed E-state index contributed by atoms with van der Waals surface area (Å²) in [5.41, 5.74) is 0. The van der Waals surface area contributed by atoms with Gasteiger partial charge >= 0.3 is 7.75 Å². The maximum atomic E-state index is 12.6. The predicted octanol–water partition coefficient (Wildman–Crippen LogP) is 3.56. The molecule has 1 unspecified atom stereocenters. The number of amides is 1. The quantitative estimate of drug-likeness (QED) is 0.338. The molecule has 12 heteroatoms. The Labute approximate surface area is 160 Å². The van der Waals surface area contributed by atoms with Crippen molar-refractivity contribution in [2.75, 3.05) is 25.6 Å². The second kappa shape index (κ2) is 9.88. The molecule has 24 heavy (non-hydrogen) atoms. The first-order valence-corrected chi connectivity index (χ1v) is 10.8. The number of nitrogens with one attached hydrogen (secondary N) is 2. The van der Waals surface area contributed by atoms with Gasteiger partial charge in [0, 0.05) is 5.75 Å². The Morgan fingerprint density at radius 2 is 1.96 bits per heavy atom. The fraction of sp³-hybridized carbons (Fsp3) is 0.750. The molecule has 140 valence electrons. The van der Waals surface area contributed by atoms with E-state index in [9.17, 15) is 9.36 Å². The summed E-state index contributed by atoms with van der Waals surface area (Å²) < 4.78 is 26.1. The molecule has 7 nitrogen and oxygen atoms in total. The summed E-state index contributed by atoms with van der Waals surface area (Å²) >= 11 is 19.0. The number of thioether (sulfide) groups is 1. The SMILES string of the molecule is CCOP(=O)(NC(NC(=O)C1=C(C)OCCS1)C(Cl)(Cl)Cl)OCC. The largest absolute Gasteiger partial charge is 0.496 e. The van der Waals surface area contributed by atoms with Crippen molar-refractivity contribution in [1.82, 2.24) is 10.4 Å². The number of halogens is 3. The molecule has 1 amide bonds. The van der Waals surface area contributed by atoms with Gasteiger partial charge in [0.25, 0.3) is 5.91 Å². The molecule has 0 aromatic heterocycles. The molecule has 0 aromatic rings.